The lowest BCUT2D eigenvalue weighted by Crippen LogP contribution is -2.43. The fourth-order valence-corrected chi connectivity index (χ4v) is 2.49. The highest BCUT2D eigenvalue weighted by Gasteiger charge is 2.32. The molecule has 110 valence electrons. The third-order valence-corrected chi connectivity index (χ3v) is 3.76. The Bertz CT molecular complexity index is 436. The third kappa shape index (κ3) is 4.05. The maximum atomic E-state index is 11.1. The predicted octanol–water partition coefficient (Wildman–Crippen LogP) is 2.53. The van der Waals surface area contributed by atoms with Gasteiger partial charge in [-0.1, -0.05) is 30.3 Å². The molecular formula is C16H23NO3. The second-order valence-electron chi connectivity index (χ2n) is 5.89. The second kappa shape index (κ2) is 6.37. The van der Waals surface area contributed by atoms with E-state index >= 15 is 0 Å². The minimum absolute atomic E-state index is 0.0492. The Balaban J connectivity index is 1.79. The Kier molecular flexibility index (Phi) is 4.78. The van der Waals surface area contributed by atoms with Gasteiger partial charge in [-0.15, -0.1) is 0 Å². The molecule has 1 aliphatic heterocycles. The number of carboxylic acid groups (broad SMARTS) is 1. The molecule has 20 heavy (non-hydrogen) atoms. The molecule has 0 bridgehead atoms. The first-order chi connectivity index (χ1) is 9.47. The molecule has 0 atom stereocenters. The molecule has 1 aromatic rings. The van der Waals surface area contributed by atoms with Gasteiger partial charge in [0.05, 0.1) is 6.10 Å². The van der Waals surface area contributed by atoms with Gasteiger partial charge in [-0.3, -0.25) is 4.90 Å². The number of carbonyl (C=O) groups is 1. The summed E-state index contributed by atoms with van der Waals surface area (Å²) in [5.74, 6) is -0.899. The normalized spacial score (nSPS) is 18.1. The number of hydrogen-bond acceptors (Lipinski definition) is 3. The van der Waals surface area contributed by atoms with Gasteiger partial charge in [0.25, 0.3) is 0 Å². The lowest BCUT2D eigenvalue weighted by molar-refractivity contribution is -0.171. The molecule has 1 heterocycles. The van der Waals surface area contributed by atoms with E-state index in [0.29, 0.717) is 0 Å². The topological polar surface area (TPSA) is 49.8 Å². The van der Waals surface area contributed by atoms with Crippen molar-refractivity contribution in [1.29, 1.82) is 0 Å². The SMILES string of the molecule is CC(C)(OC1CCN(Cc2ccccc2)CC1)C(=O)O. The van der Waals surface area contributed by atoms with Crippen LogP contribution in [0.4, 0.5) is 0 Å². The predicted molar refractivity (Wildman–Crippen MR) is 77.5 cm³/mol. The van der Waals surface area contributed by atoms with Gasteiger partial charge in [0.1, 0.15) is 0 Å². The molecule has 1 N–H and O–H groups in total. The standard InChI is InChI=1S/C16H23NO3/c1-16(2,15(18)19)20-14-8-10-17(11-9-14)12-13-6-4-3-5-7-13/h3-7,14H,8-12H2,1-2H3,(H,18,19). The van der Waals surface area contributed by atoms with Crippen molar-refractivity contribution < 1.29 is 14.6 Å². The van der Waals surface area contributed by atoms with Crippen LogP contribution < -0.4 is 0 Å². The van der Waals surface area contributed by atoms with Crippen molar-refractivity contribution in [1.82, 2.24) is 4.90 Å². The van der Waals surface area contributed by atoms with Gasteiger partial charge in [-0.25, -0.2) is 4.79 Å². The van der Waals surface area contributed by atoms with Crippen molar-refractivity contribution in [3.05, 3.63) is 35.9 Å². The number of rotatable bonds is 5. The van der Waals surface area contributed by atoms with E-state index in [4.69, 9.17) is 9.84 Å². The van der Waals surface area contributed by atoms with Crippen LogP contribution in [0, 0.1) is 0 Å². The van der Waals surface area contributed by atoms with Crippen LogP contribution in [0.1, 0.15) is 32.3 Å². The van der Waals surface area contributed by atoms with Crippen LogP contribution in [-0.4, -0.2) is 40.8 Å². The van der Waals surface area contributed by atoms with Crippen LogP contribution in [0.25, 0.3) is 0 Å². The van der Waals surface area contributed by atoms with Gasteiger partial charge in [0.2, 0.25) is 0 Å². The molecule has 0 spiro atoms. The summed E-state index contributed by atoms with van der Waals surface area (Å²) in [6.45, 7) is 6.09. The highest BCUT2D eigenvalue weighted by atomic mass is 16.5. The Morgan fingerprint density at radius 2 is 1.90 bits per heavy atom. The zero-order valence-corrected chi connectivity index (χ0v) is 12.2. The number of piperidine rings is 1. The molecule has 0 saturated carbocycles. The van der Waals surface area contributed by atoms with E-state index in [1.807, 2.05) is 6.07 Å². The molecule has 0 aromatic heterocycles. The quantitative estimate of drug-likeness (QED) is 0.898. The molecule has 1 aromatic carbocycles. The molecule has 1 saturated heterocycles. The molecule has 2 rings (SSSR count). The average Bonchev–Trinajstić information content (AvgIpc) is 2.42. The summed E-state index contributed by atoms with van der Waals surface area (Å²) in [7, 11) is 0. The van der Waals surface area contributed by atoms with Crippen molar-refractivity contribution >= 4 is 5.97 Å². The van der Waals surface area contributed by atoms with Crippen LogP contribution in [0.5, 0.6) is 0 Å². The van der Waals surface area contributed by atoms with E-state index < -0.39 is 11.6 Å². The summed E-state index contributed by atoms with van der Waals surface area (Å²) < 4.78 is 5.71. The third-order valence-electron chi connectivity index (χ3n) is 3.76. The van der Waals surface area contributed by atoms with E-state index in [1.54, 1.807) is 13.8 Å². The molecule has 0 amide bonds. The molecule has 0 unspecified atom stereocenters. The highest BCUT2D eigenvalue weighted by molar-refractivity contribution is 5.76. The lowest BCUT2D eigenvalue weighted by atomic mass is 10.0. The molecule has 4 nitrogen and oxygen atoms in total. The number of aliphatic carboxylic acids is 1. The highest BCUT2D eigenvalue weighted by Crippen LogP contribution is 2.21. The van der Waals surface area contributed by atoms with E-state index in [0.717, 1.165) is 32.5 Å². The van der Waals surface area contributed by atoms with Gasteiger partial charge >= 0.3 is 5.97 Å². The molecule has 0 aliphatic carbocycles. The average molecular weight is 277 g/mol. The summed E-state index contributed by atoms with van der Waals surface area (Å²) in [5.41, 5.74) is 0.226. The lowest BCUT2D eigenvalue weighted by Gasteiger charge is -2.35. The van der Waals surface area contributed by atoms with Crippen LogP contribution >= 0.6 is 0 Å². The van der Waals surface area contributed by atoms with Crippen molar-refractivity contribution in [2.45, 2.75) is 44.9 Å². The number of ether oxygens (including phenoxy) is 1. The minimum Gasteiger partial charge on any atom is -0.479 e. The van der Waals surface area contributed by atoms with Crippen molar-refractivity contribution in [3.8, 4) is 0 Å². The summed E-state index contributed by atoms with van der Waals surface area (Å²) >= 11 is 0. The Hall–Kier alpha value is -1.39. The van der Waals surface area contributed by atoms with Crippen molar-refractivity contribution in [2.75, 3.05) is 13.1 Å². The van der Waals surface area contributed by atoms with E-state index in [-0.39, 0.29) is 6.10 Å². The number of likely N-dealkylation sites (tertiary alicyclic amines) is 1. The maximum absolute atomic E-state index is 11.1. The van der Waals surface area contributed by atoms with Gasteiger partial charge in [-0.2, -0.15) is 0 Å². The van der Waals surface area contributed by atoms with Crippen molar-refractivity contribution in [3.63, 3.8) is 0 Å². The van der Waals surface area contributed by atoms with E-state index in [2.05, 4.69) is 29.2 Å². The van der Waals surface area contributed by atoms with Crippen molar-refractivity contribution in [2.24, 2.45) is 0 Å². The minimum atomic E-state index is -1.09. The van der Waals surface area contributed by atoms with Crippen LogP contribution in [0.3, 0.4) is 0 Å². The largest absolute Gasteiger partial charge is 0.479 e. The molecular weight excluding hydrogens is 254 g/mol. The summed E-state index contributed by atoms with van der Waals surface area (Å²) in [4.78, 5) is 13.5. The second-order valence-corrected chi connectivity index (χ2v) is 5.89. The maximum Gasteiger partial charge on any atom is 0.335 e. The zero-order chi connectivity index (χ0) is 14.6. The smallest absolute Gasteiger partial charge is 0.335 e. The number of nitrogens with zero attached hydrogens (tertiary/aromatic N) is 1. The van der Waals surface area contributed by atoms with E-state index in [1.165, 1.54) is 5.56 Å². The Morgan fingerprint density at radius 1 is 1.30 bits per heavy atom. The summed E-state index contributed by atoms with van der Waals surface area (Å²) in [6, 6.07) is 10.4. The first kappa shape index (κ1) is 15.0. The first-order valence-corrected chi connectivity index (χ1v) is 7.15. The van der Waals surface area contributed by atoms with Crippen LogP contribution in [-0.2, 0) is 16.1 Å². The number of carboxylic acids is 1. The number of benzene rings is 1. The monoisotopic (exact) mass is 277 g/mol. The fraction of sp³-hybridized carbons (Fsp3) is 0.562. The Morgan fingerprint density at radius 3 is 2.45 bits per heavy atom. The zero-order valence-electron chi connectivity index (χ0n) is 12.2. The summed E-state index contributed by atoms with van der Waals surface area (Å²) in [6.07, 6.45) is 1.83. The molecule has 1 aliphatic rings. The Labute approximate surface area is 120 Å². The first-order valence-electron chi connectivity index (χ1n) is 7.15. The fourth-order valence-electron chi connectivity index (χ4n) is 2.49. The van der Waals surface area contributed by atoms with Gasteiger partial charge in [0.15, 0.2) is 5.60 Å². The van der Waals surface area contributed by atoms with Gasteiger partial charge < -0.3 is 9.84 Å². The van der Waals surface area contributed by atoms with Gasteiger partial charge in [0, 0.05) is 19.6 Å². The van der Waals surface area contributed by atoms with Crippen LogP contribution in [0.15, 0.2) is 30.3 Å². The van der Waals surface area contributed by atoms with Crippen LogP contribution in [0.2, 0.25) is 0 Å². The van der Waals surface area contributed by atoms with Gasteiger partial charge in [-0.05, 0) is 32.3 Å². The summed E-state index contributed by atoms with van der Waals surface area (Å²) in [5, 5.41) is 9.08. The molecule has 4 heteroatoms. The van der Waals surface area contributed by atoms with E-state index in [9.17, 15) is 4.79 Å². The number of hydrogen-bond donors (Lipinski definition) is 1. The molecule has 1 fully saturated rings. The molecule has 0 radical (unpaired) electrons.